The van der Waals surface area contributed by atoms with E-state index in [1.165, 1.54) is 24.4 Å². The molecule has 7 nitrogen and oxygen atoms in total. The van der Waals surface area contributed by atoms with Gasteiger partial charge in [0.1, 0.15) is 11.5 Å². The molecule has 2 atom stereocenters. The number of carbonyl (C=O) groups is 1. The van der Waals surface area contributed by atoms with Gasteiger partial charge in [-0.2, -0.15) is 13.2 Å². The van der Waals surface area contributed by atoms with Crippen LogP contribution in [0.2, 0.25) is 0 Å². The van der Waals surface area contributed by atoms with Crippen LogP contribution in [0.1, 0.15) is 63.9 Å². The number of aryl methyl sites for hydroxylation is 1. The van der Waals surface area contributed by atoms with Crippen LogP contribution in [0.4, 0.5) is 17.6 Å². The number of oxime groups is 1. The summed E-state index contributed by atoms with van der Waals surface area (Å²) < 4.78 is 53.6. The highest BCUT2D eigenvalue weighted by atomic mass is 19.4. The van der Waals surface area contributed by atoms with Gasteiger partial charge in [0.25, 0.3) is 5.91 Å². The van der Waals surface area contributed by atoms with Crippen molar-refractivity contribution in [1.29, 1.82) is 0 Å². The molecule has 1 aliphatic heterocycles. The molecular weight excluding hydrogens is 526 g/mol. The van der Waals surface area contributed by atoms with Crippen LogP contribution in [0.25, 0.3) is 11.3 Å². The van der Waals surface area contributed by atoms with Crippen LogP contribution in [0, 0.1) is 12.7 Å². The number of carbonyl (C=O) groups excluding carboxylic acids is 1. The van der Waals surface area contributed by atoms with Gasteiger partial charge in [-0.1, -0.05) is 11.2 Å². The maximum absolute atomic E-state index is 14.9. The lowest BCUT2D eigenvalue weighted by Crippen LogP contribution is -2.27. The summed E-state index contributed by atoms with van der Waals surface area (Å²) in [6.45, 7) is 3.32. The summed E-state index contributed by atoms with van der Waals surface area (Å²) in [6, 6.07) is 13.0. The number of amides is 1. The van der Waals surface area contributed by atoms with Crippen molar-refractivity contribution in [2.45, 2.75) is 38.6 Å². The largest absolute Gasteiger partial charge is 0.417 e. The van der Waals surface area contributed by atoms with E-state index >= 15 is 0 Å². The van der Waals surface area contributed by atoms with Crippen molar-refractivity contribution in [3.8, 4) is 11.3 Å². The van der Waals surface area contributed by atoms with Crippen molar-refractivity contribution in [3.63, 3.8) is 0 Å². The van der Waals surface area contributed by atoms with E-state index in [0.717, 1.165) is 12.3 Å². The van der Waals surface area contributed by atoms with Gasteiger partial charge in [0.15, 0.2) is 6.10 Å². The van der Waals surface area contributed by atoms with Crippen LogP contribution in [-0.4, -0.2) is 26.6 Å². The standard InChI is InChI=1S/C29H23F4N5O2/c1-16-9-22(30)27(36-14-16)19-10-18(25-13-26(40-38-25)24-5-3-4-8-34-24)11-20(12-19)28(39)37-17(2)23-7-6-21(15-35-23)29(31,32)33/h3-12,14-15,17,26H,13H2,1-2H3,(H,37,39)/t17-,26?/m1/s1. The van der Waals surface area contributed by atoms with Crippen LogP contribution >= 0.6 is 0 Å². The number of hydrogen-bond acceptors (Lipinski definition) is 6. The molecule has 1 aliphatic rings. The Kier molecular flexibility index (Phi) is 7.29. The van der Waals surface area contributed by atoms with Gasteiger partial charge in [-0.05, 0) is 67.9 Å². The molecular formula is C29H23F4N5O2. The van der Waals surface area contributed by atoms with E-state index in [2.05, 4.69) is 25.4 Å². The molecule has 0 spiro atoms. The summed E-state index contributed by atoms with van der Waals surface area (Å²) >= 11 is 0. The Morgan fingerprint density at radius 3 is 2.50 bits per heavy atom. The molecule has 0 saturated carbocycles. The first kappa shape index (κ1) is 26.9. The Morgan fingerprint density at radius 2 is 1.82 bits per heavy atom. The molecule has 1 unspecified atom stereocenters. The minimum Gasteiger partial charge on any atom is -0.385 e. The Bertz CT molecular complexity index is 1570. The van der Waals surface area contributed by atoms with E-state index in [4.69, 9.17) is 4.84 Å². The van der Waals surface area contributed by atoms with E-state index in [1.807, 2.05) is 12.1 Å². The smallest absolute Gasteiger partial charge is 0.385 e. The molecule has 3 aromatic heterocycles. The fourth-order valence-electron chi connectivity index (χ4n) is 4.26. The molecule has 0 saturated heterocycles. The van der Waals surface area contributed by atoms with Crippen LogP contribution in [0.3, 0.4) is 0 Å². The first-order valence-electron chi connectivity index (χ1n) is 12.3. The molecule has 4 heterocycles. The van der Waals surface area contributed by atoms with Crippen molar-refractivity contribution in [2.24, 2.45) is 5.16 Å². The average Bonchev–Trinajstić information content (AvgIpc) is 3.43. The summed E-state index contributed by atoms with van der Waals surface area (Å²) in [6.07, 6.45) is -0.668. The van der Waals surface area contributed by atoms with Crippen molar-refractivity contribution in [2.75, 3.05) is 0 Å². The number of benzene rings is 1. The molecule has 204 valence electrons. The molecule has 4 aromatic rings. The first-order chi connectivity index (χ1) is 19.1. The van der Waals surface area contributed by atoms with Gasteiger partial charge in [-0.3, -0.25) is 19.7 Å². The summed E-state index contributed by atoms with van der Waals surface area (Å²) in [5.74, 6) is -1.09. The first-order valence-corrected chi connectivity index (χ1v) is 12.3. The molecule has 1 aromatic carbocycles. The lowest BCUT2D eigenvalue weighted by atomic mass is 9.96. The summed E-state index contributed by atoms with van der Waals surface area (Å²) in [5.41, 5.74) is 2.35. The zero-order valence-corrected chi connectivity index (χ0v) is 21.4. The number of hydrogen-bond donors (Lipinski definition) is 1. The molecule has 0 aliphatic carbocycles. The SMILES string of the molecule is Cc1cnc(-c2cc(C(=O)N[C@H](C)c3ccc(C(F)(F)F)cn3)cc(C3=NOC(c4ccccn4)C3)c2)c(F)c1. The Balaban J connectivity index is 1.45. The molecule has 1 amide bonds. The predicted octanol–water partition coefficient (Wildman–Crippen LogP) is 6.36. The zero-order chi connectivity index (χ0) is 28.4. The summed E-state index contributed by atoms with van der Waals surface area (Å²) in [7, 11) is 0. The van der Waals surface area contributed by atoms with Crippen molar-refractivity contribution in [1.82, 2.24) is 20.3 Å². The fourth-order valence-corrected chi connectivity index (χ4v) is 4.26. The monoisotopic (exact) mass is 549 g/mol. The highest BCUT2D eigenvalue weighted by Gasteiger charge is 2.31. The summed E-state index contributed by atoms with van der Waals surface area (Å²) in [5, 5.41) is 6.95. The average molecular weight is 550 g/mol. The third kappa shape index (κ3) is 5.83. The number of nitrogens with zero attached hydrogens (tertiary/aromatic N) is 4. The molecule has 1 N–H and O–H groups in total. The minimum atomic E-state index is -4.52. The normalized spacial score (nSPS) is 15.8. The number of aromatic nitrogens is 3. The maximum Gasteiger partial charge on any atom is 0.417 e. The predicted molar refractivity (Wildman–Crippen MR) is 139 cm³/mol. The Morgan fingerprint density at radius 1 is 1.02 bits per heavy atom. The third-order valence-corrected chi connectivity index (χ3v) is 6.37. The van der Waals surface area contributed by atoms with E-state index in [0.29, 0.717) is 34.5 Å². The van der Waals surface area contributed by atoms with Crippen LogP contribution < -0.4 is 5.32 Å². The van der Waals surface area contributed by atoms with Crippen LogP contribution in [0.5, 0.6) is 0 Å². The molecule has 0 fully saturated rings. The second-order valence-corrected chi connectivity index (χ2v) is 9.40. The lowest BCUT2D eigenvalue weighted by molar-refractivity contribution is -0.137. The van der Waals surface area contributed by atoms with Gasteiger partial charge in [-0.15, -0.1) is 0 Å². The number of halogens is 4. The zero-order valence-electron chi connectivity index (χ0n) is 21.4. The van der Waals surface area contributed by atoms with E-state index in [1.54, 1.807) is 38.2 Å². The molecule has 0 radical (unpaired) electrons. The molecule has 5 rings (SSSR count). The van der Waals surface area contributed by atoms with Gasteiger partial charge in [0.2, 0.25) is 0 Å². The van der Waals surface area contributed by atoms with E-state index < -0.39 is 35.6 Å². The van der Waals surface area contributed by atoms with Gasteiger partial charge in [-0.25, -0.2) is 4.39 Å². The number of alkyl halides is 3. The van der Waals surface area contributed by atoms with Gasteiger partial charge < -0.3 is 10.2 Å². The van der Waals surface area contributed by atoms with Gasteiger partial charge in [0, 0.05) is 41.7 Å². The minimum absolute atomic E-state index is 0.0553. The Hall–Kier alpha value is -4.67. The highest BCUT2D eigenvalue weighted by Crippen LogP contribution is 2.32. The van der Waals surface area contributed by atoms with E-state index in [9.17, 15) is 22.4 Å². The van der Waals surface area contributed by atoms with Crippen molar-refractivity contribution in [3.05, 3.63) is 113 Å². The van der Waals surface area contributed by atoms with Crippen molar-refractivity contribution >= 4 is 11.6 Å². The topological polar surface area (TPSA) is 89.4 Å². The lowest BCUT2D eigenvalue weighted by Gasteiger charge is -2.16. The number of pyridine rings is 3. The van der Waals surface area contributed by atoms with E-state index in [-0.39, 0.29) is 17.0 Å². The number of rotatable bonds is 6. The fraction of sp³-hybridized carbons (Fsp3) is 0.207. The molecule has 0 bridgehead atoms. The summed E-state index contributed by atoms with van der Waals surface area (Å²) in [4.78, 5) is 31.3. The van der Waals surface area contributed by atoms with Crippen molar-refractivity contribution < 1.29 is 27.2 Å². The second-order valence-electron chi connectivity index (χ2n) is 9.40. The van der Waals surface area contributed by atoms with Crippen LogP contribution in [-0.2, 0) is 11.0 Å². The van der Waals surface area contributed by atoms with Crippen LogP contribution in [0.15, 0.2) is 78.3 Å². The maximum atomic E-state index is 14.9. The number of nitrogens with one attached hydrogen (secondary N) is 1. The third-order valence-electron chi connectivity index (χ3n) is 6.37. The van der Waals surface area contributed by atoms with Gasteiger partial charge in [0.05, 0.1) is 28.7 Å². The second kappa shape index (κ2) is 10.8. The molecule has 11 heteroatoms. The molecule has 40 heavy (non-hydrogen) atoms. The highest BCUT2D eigenvalue weighted by molar-refractivity contribution is 6.05. The Labute approximate surface area is 227 Å². The van der Waals surface area contributed by atoms with Gasteiger partial charge >= 0.3 is 6.18 Å². The quantitative estimate of drug-likeness (QED) is 0.283.